The summed E-state index contributed by atoms with van der Waals surface area (Å²) in [4.78, 5) is 26.4. The van der Waals surface area contributed by atoms with Gasteiger partial charge in [-0.25, -0.2) is 10.1 Å². The summed E-state index contributed by atoms with van der Waals surface area (Å²) in [5.41, 5.74) is 1.98. The molecule has 0 unspecified atom stereocenters. The topological polar surface area (TPSA) is 82.9 Å². The van der Waals surface area contributed by atoms with Crippen LogP contribution in [0.25, 0.3) is 11.0 Å². The van der Waals surface area contributed by atoms with E-state index >= 15 is 0 Å². The van der Waals surface area contributed by atoms with E-state index in [0.29, 0.717) is 19.0 Å². The van der Waals surface area contributed by atoms with E-state index in [4.69, 9.17) is 4.98 Å². The predicted octanol–water partition coefficient (Wildman–Crippen LogP) is 2.26. The number of anilines is 1. The maximum Gasteiger partial charge on any atom is 0.245 e. The number of aromatic nitrogens is 5. The molecule has 1 fully saturated rings. The van der Waals surface area contributed by atoms with Gasteiger partial charge in [-0.1, -0.05) is 26.0 Å². The molecule has 1 saturated heterocycles. The van der Waals surface area contributed by atoms with Gasteiger partial charge in [0.2, 0.25) is 11.9 Å². The molecule has 0 spiro atoms. The highest BCUT2D eigenvalue weighted by molar-refractivity contribution is 5.84. The van der Waals surface area contributed by atoms with Gasteiger partial charge in [0, 0.05) is 32.6 Å². The number of carbonyl (C=O) groups excluding carboxylic acids is 1. The largest absolute Gasteiger partial charge is 0.338 e. The first-order valence-electron chi connectivity index (χ1n) is 9.89. The van der Waals surface area contributed by atoms with Crippen molar-refractivity contribution in [3.63, 3.8) is 0 Å². The average molecular weight is 381 g/mol. The molecule has 1 atom stereocenters. The highest BCUT2D eigenvalue weighted by Crippen LogP contribution is 2.25. The number of carbonyl (C=O) groups is 1. The SMILES string of the molecule is CC(C)Cc1nc2ccccc2n1[C@@H](C)C(=O)N1CCN(c2ncn[nH]2)CC1. The molecule has 0 saturated carbocycles. The molecule has 4 rings (SSSR count). The Labute approximate surface area is 164 Å². The van der Waals surface area contributed by atoms with Crippen LogP contribution in [-0.4, -0.2) is 61.7 Å². The van der Waals surface area contributed by atoms with Gasteiger partial charge in [-0.05, 0) is 25.0 Å². The number of hydrogen-bond donors (Lipinski definition) is 1. The van der Waals surface area contributed by atoms with E-state index in [0.717, 1.165) is 42.3 Å². The summed E-state index contributed by atoms with van der Waals surface area (Å²) in [6, 6.07) is 7.79. The van der Waals surface area contributed by atoms with E-state index in [-0.39, 0.29) is 11.9 Å². The van der Waals surface area contributed by atoms with E-state index in [2.05, 4.69) is 44.6 Å². The van der Waals surface area contributed by atoms with Crippen LogP contribution < -0.4 is 4.90 Å². The van der Waals surface area contributed by atoms with Crippen molar-refractivity contribution in [3.8, 4) is 0 Å². The first kappa shape index (κ1) is 18.5. The van der Waals surface area contributed by atoms with Gasteiger partial charge < -0.3 is 14.4 Å². The van der Waals surface area contributed by atoms with Gasteiger partial charge in [0.05, 0.1) is 11.0 Å². The minimum Gasteiger partial charge on any atom is -0.338 e. The van der Waals surface area contributed by atoms with Crippen molar-refractivity contribution in [2.45, 2.75) is 33.2 Å². The van der Waals surface area contributed by atoms with Crippen molar-refractivity contribution in [3.05, 3.63) is 36.4 Å². The molecule has 1 aromatic carbocycles. The molecule has 1 aliphatic heterocycles. The summed E-state index contributed by atoms with van der Waals surface area (Å²) < 4.78 is 2.13. The maximum absolute atomic E-state index is 13.3. The number of rotatable bonds is 5. The Hall–Kier alpha value is -2.90. The number of H-pyrrole nitrogens is 1. The fraction of sp³-hybridized carbons (Fsp3) is 0.500. The summed E-state index contributed by atoms with van der Waals surface area (Å²) >= 11 is 0. The number of piperazine rings is 1. The molecule has 0 radical (unpaired) electrons. The lowest BCUT2D eigenvalue weighted by Crippen LogP contribution is -2.50. The third-order valence-corrected chi connectivity index (χ3v) is 5.30. The molecule has 148 valence electrons. The van der Waals surface area contributed by atoms with Gasteiger partial charge in [-0.2, -0.15) is 10.1 Å². The summed E-state index contributed by atoms with van der Waals surface area (Å²) in [6.45, 7) is 9.20. The zero-order chi connectivity index (χ0) is 19.7. The lowest BCUT2D eigenvalue weighted by atomic mass is 10.1. The number of aromatic amines is 1. The van der Waals surface area contributed by atoms with Crippen LogP contribution >= 0.6 is 0 Å². The molecular weight excluding hydrogens is 354 g/mol. The Morgan fingerprint density at radius 2 is 1.89 bits per heavy atom. The first-order valence-corrected chi connectivity index (χ1v) is 9.89. The number of fused-ring (bicyclic) bond motifs is 1. The van der Waals surface area contributed by atoms with Gasteiger partial charge in [-0.3, -0.25) is 4.79 Å². The predicted molar refractivity (Wildman–Crippen MR) is 108 cm³/mol. The van der Waals surface area contributed by atoms with E-state index < -0.39 is 0 Å². The highest BCUT2D eigenvalue weighted by atomic mass is 16.2. The third kappa shape index (κ3) is 3.46. The number of para-hydroxylation sites is 2. The number of benzene rings is 1. The van der Waals surface area contributed by atoms with Crippen molar-refractivity contribution in [1.29, 1.82) is 0 Å². The minimum absolute atomic E-state index is 0.144. The monoisotopic (exact) mass is 381 g/mol. The van der Waals surface area contributed by atoms with Crippen molar-refractivity contribution < 1.29 is 4.79 Å². The van der Waals surface area contributed by atoms with Gasteiger partial charge in [0.1, 0.15) is 18.2 Å². The van der Waals surface area contributed by atoms with Gasteiger partial charge in [0.15, 0.2) is 0 Å². The zero-order valence-corrected chi connectivity index (χ0v) is 16.7. The maximum atomic E-state index is 13.3. The van der Waals surface area contributed by atoms with Crippen molar-refractivity contribution in [2.24, 2.45) is 5.92 Å². The van der Waals surface area contributed by atoms with E-state index in [1.165, 1.54) is 6.33 Å². The Kier molecular flexibility index (Phi) is 5.02. The Bertz CT molecular complexity index is 939. The van der Waals surface area contributed by atoms with Crippen LogP contribution in [-0.2, 0) is 11.2 Å². The summed E-state index contributed by atoms with van der Waals surface area (Å²) in [5.74, 6) is 2.37. The van der Waals surface area contributed by atoms with Crippen LogP contribution in [0.5, 0.6) is 0 Å². The van der Waals surface area contributed by atoms with E-state index in [9.17, 15) is 4.79 Å². The Morgan fingerprint density at radius 1 is 1.14 bits per heavy atom. The van der Waals surface area contributed by atoms with Crippen LogP contribution in [0, 0.1) is 5.92 Å². The van der Waals surface area contributed by atoms with Crippen LogP contribution in [0.3, 0.4) is 0 Å². The molecule has 0 bridgehead atoms. The standard InChI is InChI=1S/C20H27N7O/c1-14(2)12-18-23-16-6-4-5-7-17(16)27(18)15(3)19(28)25-8-10-26(11-9-25)20-21-13-22-24-20/h4-7,13-15H,8-12H2,1-3H3,(H,21,22,24)/t15-/m0/s1. The number of imidazole rings is 1. The quantitative estimate of drug-likeness (QED) is 0.733. The lowest BCUT2D eigenvalue weighted by molar-refractivity contribution is -0.134. The third-order valence-electron chi connectivity index (χ3n) is 5.30. The van der Waals surface area contributed by atoms with Gasteiger partial charge >= 0.3 is 0 Å². The fourth-order valence-corrected chi connectivity index (χ4v) is 3.90. The normalized spacial score (nSPS) is 16.1. The molecule has 28 heavy (non-hydrogen) atoms. The number of nitrogens with one attached hydrogen (secondary N) is 1. The summed E-state index contributed by atoms with van der Waals surface area (Å²) in [6.07, 6.45) is 2.36. The molecule has 8 heteroatoms. The molecule has 1 aliphatic rings. The second-order valence-corrected chi connectivity index (χ2v) is 7.78. The molecule has 2 aromatic heterocycles. The first-order chi connectivity index (χ1) is 13.5. The Morgan fingerprint density at radius 3 is 2.57 bits per heavy atom. The van der Waals surface area contributed by atoms with Gasteiger partial charge in [0.25, 0.3) is 0 Å². The zero-order valence-electron chi connectivity index (χ0n) is 16.7. The van der Waals surface area contributed by atoms with Crippen LogP contribution in [0.1, 0.15) is 32.6 Å². The van der Waals surface area contributed by atoms with Crippen LogP contribution in [0.4, 0.5) is 5.95 Å². The van der Waals surface area contributed by atoms with Crippen LogP contribution in [0.15, 0.2) is 30.6 Å². The van der Waals surface area contributed by atoms with E-state index in [1.807, 2.05) is 30.0 Å². The molecule has 3 aromatic rings. The fourth-order valence-electron chi connectivity index (χ4n) is 3.90. The van der Waals surface area contributed by atoms with E-state index in [1.54, 1.807) is 0 Å². The number of amides is 1. The van der Waals surface area contributed by atoms with Crippen molar-refractivity contribution in [1.82, 2.24) is 29.6 Å². The number of nitrogens with zero attached hydrogens (tertiary/aromatic N) is 6. The number of hydrogen-bond acceptors (Lipinski definition) is 5. The highest BCUT2D eigenvalue weighted by Gasteiger charge is 2.29. The average Bonchev–Trinajstić information content (AvgIpc) is 3.34. The minimum atomic E-state index is -0.280. The molecule has 8 nitrogen and oxygen atoms in total. The molecule has 0 aliphatic carbocycles. The van der Waals surface area contributed by atoms with Gasteiger partial charge in [-0.15, -0.1) is 0 Å². The molecule has 1 N–H and O–H groups in total. The molecule has 1 amide bonds. The van der Waals surface area contributed by atoms with Crippen LogP contribution in [0.2, 0.25) is 0 Å². The molecule has 3 heterocycles. The summed E-state index contributed by atoms with van der Waals surface area (Å²) in [7, 11) is 0. The Balaban J connectivity index is 1.54. The second-order valence-electron chi connectivity index (χ2n) is 7.78. The second kappa shape index (κ2) is 7.61. The van der Waals surface area contributed by atoms with Crippen molar-refractivity contribution in [2.75, 3.05) is 31.1 Å². The lowest BCUT2D eigenvalue weighted by Gasteiger charge is -2.36. The summed E-state index contributed by atoms with van der Waals surface area (Å²) in [5, 5.41) is 6.80. The smallest absolute Gasteiger partial charge is 0.245 e. The molecular formula is C20H27N7O. The van der Waals surface area contributed by atoms with Crippen molar-refractivity contribution >= 4 is 22.9 Å².